The zero-order valence-corrected chi connectivity index (χ0v) is 16.0. The molecule has 1 amide bonds. The number of amides is 1. The van der Waals surface area contributed by atoms with Gasteiger partial charge in [0.05, 0.1) is 17.9 Å². The third kappa shape index (κ3) is 7.15. The van der Waals surface area contributed by atoms with Crippen molar-refractivity contribution in [2.45, 2.75) is 50.5 Å². The van der Waals surface area contributed by atoms with Crippen LogP contribution in [0.4, 0.5) is 23.7 Å². The van der Waals surface area contributed by atoms with Crippen LogP contribution >= 0.6 is 11.8 Å². The van der Waals surface area contributed by atoms with Gasteiger partial charge in [-0.25, -0.2) is 4.79 Å². The summed E-state index contributed by atoms with van der Waals surface area (Å²) in [5.74, 6) is -0.408. The minimum Gasteiger partial charge on any atom is -0.468 e. The molecule has 0 saturated carbocycles. The van der Waals surface area contributed by atoms with E-state index in [0.29, 0.717) is 0 Å². The van der Waals surface area contributed by atoms with Crippen molar-refractivity contribution in [2.75, 3.05) is 12.4 Å². The zero-order chi connectivity index (χ0) is 20.1. The lowest BCUT2D eigenvalue weighted by molar-refractivity contribution is -0.139. The maximum Gasteiger partial charge on any atom is 0.416 e. The molecule has 1 aromatic carbocycles. The summed E-state index contributed by atoms with van der Waals surface area (Å²) in [4.78, 5) is 23.4. The van der Waals surface area contributed by atoms with Crippen LogP contribution < -0.4 is 5.32 Å². The summed E-state index contributed by atoms with van der Waals surface area (Å²) in [6.07, 6.45) is -5.29. The summed E-state index contributed by atoms with van der Waals surface area (Å²) in [6.45, 7) is 6.61. The van der Waals surface area contributed by atoms with Crippen LogP contribution in [0, 0.1) is 0 Å². The molecule has 9 heteroatoms. The SMILES string of the molecule is COC(=O)C(C)SCc1cc(C(F)(F)F)ccc1NC(=O)OC(C)(C)C. The Morgan fingerprint density at radius 3 is 2.35 bits per heavy atom. The summed E-state index contributed by atoms with van der Waals surface area (Å²) < 4.78 is 48.6. The molecular formula is C17H22F3NO4S. The maximum atomic E-state index is 13.0. The third-order valence-electron chi connectivity index (χ3n) is 3.09. The summed E-state index contributed by atoms with van der Waals surface area (Å²) in [5.41, 5.74) is -1.17. The molecule has 0 saturated heterocycles. The number of carbonyl (C=O) groups excluding carboxylic acids is 2. The molecule has 0 aliphatic heterocycles. The Hall–Kier alpha value is -1.90. The molecule has 0 aliphatic carbocycles. The molecule has 5 nitrogen and oxygen atoms in total. The predicted octanol–water partition coefficient (Wildman–Crippen LogP) is 4.85. The molecule has 0 fully saturated rings. The Bertz CT molecular complexity index is 656. The monoisotopic (exact) mass is 393 g/mol. The van der Waals surface area contributed by atoms with E-state index in [4.69, 9.17) is 4.74 Å². The number of halogens is 3. The molecule has 0 aliphatic rings. The Morgan fingerprint density at radius 2 is 1.85 bits per heavy atom. The molecule has 0 radical (unpaired) electrons. The van der Waals surface area contributed by atoms with Crippen LogP contribution in [0.5, 0.6) is 0 Å². The minimum atomic E-state index is -4.52. The van der Waals surface area contributed by atoms with E-state index >= 15 is 0 Å². The normalized spacial score (nSPS) is 13.1. The average molecular weight is 393 g/mol. The molecular weight excluding hydrogens is 371 g/mol. The standard InChI is InChI=1S/C17H22F3NO4S/c1-10(14(22)24-5)26-9-11-8-12(17(18,19)20)6-7-13(11)21-15(23)25-16(2,3)4/h6-8,10H,9H2,1-5H3,(H,21,23). The first-order valence-electron chi connectivity index (χ1n) is 7.73. The predicted molar refractivity (Wildman–Crippen MR) is 94.1 cm³/mol. The number of anilines is 1. The molecule has 0 aromatic heterocycles. The topological polar surface area (TPSA) is 64.6 Å². The van der Waals surface area contributed by atoms with Gasteiger partial charge in [-0.1, -0.05) is 0 Å². The summed E-state index contributed by atoms with van der Waals surface area (Å²) in [5, 5.41) is 1.89. The number of hydrogen-bond acceptors (Lipinski definition) is 5. The van der Waals surface area contributed by atoms with Gasteiger partial charge in [0.1, 0.15) is 5.60 Å². The molecule has 26 heavy (non-hydrogen) atoms. The van der Waals surface area contributed by atoms with Gasteiger partial charge >= 0.3 is 18.2 Å². The van der Waals surface area contributed by atoms with Gasteiger partial charge in [0.25, 0.3) is 0 Å². The van der Waals surface area contributed by atoms with Crippen molar-refractivity contribution in [3.8, 4) is 0 Å². The number of nitrogens with one attached hydrogen (secondary N) is 1. The van der Waals surface area contributed by atoms with Crippen molar-refractivity contribution < 1.29 is 32.2 Å². The highest BCUT2D eigenvalue weighted by molar-refractivity contribution is 7.99. The molecule has 0 spiro atoms. The number of alkyl halides is 3. The molecule has 1 unspecified atom stereocenters. The number of rotatable bonds is 5. The molecule has 0 heterocycles. The average Bonchev–Trinajstić information content (AvgIpc) is 2.49. The Morgan fingerprint density at radius 1 is 1.23 bits per heavy atom. The third-order valence-corrected chi connectivity index (χ3v) is 4.26. The fraction of sp³-hybridized carbons (Fsp3) is 0.529. The smallest absolute Gasteiger partial charge is 0.416 e. The number of methoxy groups -OCH3 is 1. The van der Waals surface area contributed by atoms with E-state index in [1.807, 2.05) is 0 Å². The number of hydrogen-bond donors (Lipinski definition) is 1. The van der Waals surface area contributed by atoms with Gasteiger partial charge in [-0.15, -0.1) is 11.8 Å². The lowest BCUT2D eigenvalue weighted by atomic mass is 10.1. The zero-order valence-electron chi connectivity index (χ0n) is 15.2. The van der Waals surface area contributed by atoms with Crippen molar-refractivity contribution in [1.82, 2.24) is 0 Å². The lowest BCUT2D eigenvalue weighted by Crippen LogP contribution is -2.27. The van der Waals surface area contributed by atoms with Crippen LogP contribution in [0.1, 0.15) is 38.8 Å². The highest BCUT2D eigenvalue weighted by atomic mass is 32.2. The second-order valence-electron chi connectivity index (χ2n) is 6.47. The highest BCUT2D eigenvalue weighted by Crippen LogP contribution is 2.34. The fourth-order valence-electron chi connectivity index (χ4n) is 1.87. The summed E-state index contributed by atoms with van der Waals surface area (Å²) in [7, 11) is 1.24. The first-order chi connectivity index (χ1) is 11.8. The Kier molecular flexibility index (Phi) is 7.37. The Labute approximate surface area is 154 Å². The second-order valence-corrected chi connectivity index (χ2v) is 7.80. The minimum absolute atomic E-state index is 0.0747. The van der Waals surface area contributed by atoms with E-state index in [1.165, 1.54) is 13.2 Å². The van der Waals surface area contributed by atoms with Gasteiger partial charge in [-0.3, -0.25) is 10.1 Å². The van der Waals surface area contributed by atoms with Gasteiger partial charge < -0.3 is 9.47 Å². The van der Waals surface area contributed by atoms with E-state index in [2.05, 4.69) is 10.1 Å². The number of esters is 1. The summed E-state index contributed by atoms with van der Waals surface area (Å²) >= 11 is 1.10. The van der Waals surface area contributed by atoms with Crippen molar-refractivity contribution in [3.05, 3.63) is 29.3 Å². The molecule has 1 aromatic rings. The van der Waals surface area contributed by atoms with Crippen molar-refractivity contribution in [2.24, 2.45) is 0 Å². The van der Waals surface area contributed by atoms with Gasteiger partial charge in [0, 0.05) is 11.4 Å². The van der Waals surface area contributed by atoms with E-state index < -0.39 is 34.7 Å². The van der Waals surface area contributed by atoms with E-state index in [-0.39, 0.29) is 17.0 Å². The van der Waals surface area contributed by atoms with Crippen molar-refractivity contribution >= 4 is 29.5 Å². The summed E-state index contributed by atoms with van der Waals surface area (Å²) in [6, 6.07) is 3.00. The van der Waals surface area contributed by atoms with Crippen molar-refractivity contribution in [3.63, 3.8) is 0 Å². The molecule has 1 N–H and O–H groups in total. The Balaban J connectivity index is 3.04. The lowest BCUT2D eigenvalue weighted by Gasteiger charge is -2.21. The molecule has 1 rings (SSSR count). The molecule has 146 valence electrons. The molecule has 0 bridgehead atoms. The van der Waals surface area contributed by atoms with Gasteiger partial charge in [-0.05, 0) is 51.5 Å². The van der Waals surface area contributed by atoms with Crippen LogP contribution in [0.3, 0.4) is 0 Å². The largest absolute Gasteiger partial charge is 0.468 e. The van der Waals surface area contributed by atoms with Crippen LogP contribution in [-0.4, -0.2) is 30.0 Å². The number of carbonyl (C=O) groups is 2. The highest BCUT2D eigenvalue weighted by Gasteiger charge is 2.31. The van der Waals surface area contributed by atoms with Crippen LogP contribution in [0.25, 0.3) is 0 Å². The van der Waals surface area contributed by atoms with Gasteiger partial charge in [0.2, 0.25) is 0 Å². The quantitative estimate of drug-likeness (QED) is 0.725. The maximum absolute atomic E-state index is 13.0. The second kappa shape index (κ2) is 8.66. The van der Waals surface area contributed by atoms with Crippen LogP contribution in [-0.2, 0) is 26.2 Å². The first kappa shape index (κ1) is 22.1. The number of thioether (sulfide) groups is 1. The van der Waals surface area contributed by atoms with Gasteiger partial charge in [-0.2, -0.15) is 13.2 Å². The first-order valence-corrected chi connectivity index (χ1v) is 8.78. The molecule has 1 atom stereocenters. The number of ether oxygens (including phenoxy) is 2. The fourth-order valence-corrected chi connectivity index (χ4v) is 2.77. The van der Waals surface area contributed by atoms with E-state index in [9.17, 15) is 22.8 Å². The van der Waals surface area contributed by atoms with Crippen LogP contribution in [0.15, 0.2) is 18.2 Å². The number of benzene rings is 1. The van der Waals surface area contributed by atoms with E-state index in [1.54, 1.807) is 27.7 Å². The van der Waals surface area contributed by atoms with Crippen molar-refractivity contribution in [1.29, 1.82) is 0 Å². The van der Waals surface area contributed by atoms with Crippen LogP contribution in [0.2, 0.25) is 0 Å². The van der Waals surface area contributed by atoms with E-state index in [0.717, 1.165) is 23.9 Å². The van der Waals surface area contributed by atoms with Gasteiger partial charge in [0.15, 0.2) is 0 Å².